The Morgan fingerprint density at radius 3 is 2.67 bits per heavy atom. The molecule has 0 aliphatic carbocycles. The minimum atomic E-state index is -0.813. The second kappa shape index (κ2) is 4.96. The molecule has 1 atom stereocenters. The first kappa shape index (κ1) is 13.5. The van der Waals surface area contributed by atoms with Crippen LogP contribution in [0.25, 0.3) is 0 Å². The Morgan fingerprint density at radius 1 is 1.33 bits per heavy atom. The topological polar surface area (TPSA) is 64.7 Å². The standard InChI is InChI=1S/C13H18ClNO3/c1-13(2,15)12(16)8-6-9(14)11-10(7-8)17-4-3-5-18-11/h6-7,12,16H,3-5,15H2,1-2H3. The van der Waals surface area contributed by atoms with Gasteiger partial charge in [0.15, 0.2) is 11.5 Å². The molecule has 4 nitrogen and oxygen atoms in total. The van der Waals surface area contributed by atoms with Crippen LogP contribution < -0.4 is 15.2 Å². The van der Waals surface area contributed by atoms with Crippen molar-refractivity contribution in [2.45, 2.75) is 31.9 Å². The molecule has 0 saturated carbocycles. The van der Waals surface area contributed by atoms with Gasteiger partial charge in [0.1, 0.15) is 0 Å². The number of halogens is 1. The minimum Gasteiger partial charge on any atom is -0.489 e. The van der Waals surface area contributed by atoms with Gasteiger partial charge in [0.05, 0.1) is 24.3 Å². The summed E-state index contributed by atoms with van der Waals surface area (Å²) < 4.78 is 11.1. The third-order valence-corrected chi connectivity index (χ3v) is 3.13. The number of ether oxygens (including phenoxy) is 2. The summed E-state index contributed by atoms with van der Waals surface area (Å²) in [5.74, 6) is 1.11. The zero-order chi connectivity index (χ0) is 13.3. The number of rotatable bonds is 2. The maximum absolute atomic E-state index is 10.2. The van der Waals surface area contributed by atoms with Gasteiger partial charge in [0.25, 0.3) is 0 Å². The van der Waals surface area contributed by atoms with E-state index in [9.17, 15) is 5.11 Å². The number of hydrogen-bond acceptors (Lipinski definition) is 4. The molecule has 5 heteroatoms. The summed E-state index contributed by atoms with van der Waals surface area (Å²) in [6.45, 7) is 4.68. The van der Waals surface area contributed by atoms with Crippen molar-refractivity contribution in [3.8, 4) is 11.5 Å². The molecule has 0 spiro atoms. The van der Waals surface area contributed by atoms with E-state index in [1.165, 1.54) is 0 Å². The lowest BCUT2D eigenvalue weighted by atomic mass is 9.92. The summed E-state index contributed by atoms with van der Waals surface area (Å²) in [5.41, 5.74) is 5.79. The van der Waals surface area contributed by atoms with E-state index in [-0.39, 0.29) is 0 Å². The van der Waals surface area contributed by atoms with Crippen molar-refractivity contribution in [3.05, 3.63) is 22.7 Å². The smallest absolute Gasteiger partial charge is 0.179 e. The van der Waals surface area contributed by atoms with Gasteiger partial charge in [-0.25, -0.2) is 0 Å². The lowest BCUT2D eigenvalue weighted by Crippen LogP contribution is -2.39. The first-order chi connectivity index (χ1) is 8.39. The fraction of sp³-hybridized carbons (Fsp3) is 0.538. The molecule has 0 amide bonds. The van der Waals surface area contributed by atoms with Crippen LogP contribution in [0.5, 0.6) is 11.5 Å². The molecule has 100 valence electrons. The zero-order valence-electron chi connectivity index (χ0n) is 10.6. The van der Waals surface area contributed by atoms with Gasteiger partial charge in [-0.05, 0) is 31.5 Å². The van der Waals surface area contributed by atoms with Crippen molar-refractivity contribution in [2.75, 3.05) is 13.2 Å². The molecule has 1 aromatic carbocycles. The van der Waals surface area contributed by atoms with E-state index in [0.29, 0.717) is 35.3 Å². The average molecular weight is 272 g/mol. The molecule has 1 aliphatic heterocycles. The molecule has 0 saturated heterocycles. The highest BCUT2D eigenvalue weighted by Gasteiger charge is 2.27. The predicted molar refractivity (Wildman–Crippen MR) is 70.3 cm³/mol. The molecule has 18 heavy (non-hydrogen) atoms. The third kappa shape index (κ3) is 2.71. The van der Waals surface area contributed by atoms with Crippen LogP contribution in [0.3, 0.4) is 0 Å². The fourth-order valence-electron chi connectivity index (χ4n) is 1.84. The predicted octanol–water partition coefficient (Wildman–Crippen LogP) is 2.27. The van der Waals surface area contributed by atoms with E-state index in [4.69, 9.17) is 26.8 Å². The van der Waals surface area contributed by atoms with Gasteiger partial charge in [-0.15, -0.1) is 0 Å². The summed E-state index contributed by atoms with van der Waals surface area (Å²) in [7, 11) is 0. The molecule has 0 fully saturated rings. The molecule has 1 aromatic rings. The van der Waals surface area contributed by atoms with Crippen LogP contribution in [0, 0.1) is 0 Å². The molecular formula is C13H18ClNO3. The lowest BCUT2D eigenvalue weighted by Gasteiger charge is -2.26. The summed E-state index contributed by atoms with van der Waals surface area (Å²) in [4.78, 5) is 0. The van der Waals surface area contributed by atoms with Crippen LogP contribution in [-0.4, -0.2) is 23.9 Å². The Morgan fingerprint density at radius 2 is 2.00 bits per heavy atom. The Hall–Kier alpha value is -0.970. The average Bonchev–Trinajstić information content (AvgIpc) is 2.52. The van der Waals surface area contributed by atoms with Crippen LogP contribution in [0.4, 0.5) is 0 Å². The number of fused-ring (bicyclic) bond motifs is 1. The number of aliphatic hydroxyl groups excluding tert-OH is 1. The van der Waals surface area contributed by atoms with Crippen molar-refractivity contribution in [3.63, 3.8) is 0 Å². The van der Waals surface area contributed by atoms with Gasteiger partial charge in [0, 0.05) is 12.0 Å². The summed E-state index contributed by atoms with van der Waals surface area (Å²) >= 11 is 6.16. The van der Waals surface area contributed by atoms with E-state index < -0.39 is 11.6 Å². The van der Waals surface area contributed by atoms with Crippen molar-refractivity contribution >= 4 is 11.6 Å². The van der Waals surface area contributed by atoms with Crippen molar-refractivity contribution < 1.29 is 14.6 Å². The number of benzene rings is 1. The number of nitrogens with two attached hydrogens (primary N) is 1. The quantitative estimate of drug-likeness (QED) is 0.866. The molecule has 0 aromatic heterocycles. The lowest BCUT2D eigenvalue weighted by molar-refractivity contribution is 0.104. The number of hydrogen-bond donors (Lipinski definition) is 2. The molecule has 0 bridgehead atoms. The van der Waals surface area contributed by atoms with Gasteiger partial charge in [-0.3, -0.25) is 0 Å². The SMILES string of the molecule is CC(C)(N)C(O)c1cc(Cl)c2c(c1)OCCCO2. The van der Waals surface area contributed by atoms with E-state index in [1.807, 2.05) is 0 Å². The molecular weight excluding hydrogens is 254 g/mol. The Labute approximate surface area is 112 Å². The Bertz CT molecular complexity index is 443. The summed E-state index contributed by atoms with van der Waals surface area (Å²) in [5, 5.41) is 10.6. The zero-order valence-corrected chi connectivity index (χ0v) is 11.3. The molecule has 1 heterocycles. The maximum atomic E-state index is 10.2. The van der Waals surface area contributed by atoms with Gasteiger partial charge < -0.3 is 20.3 Å². The van der Waals surface area contributed by atoms with Crippen LogP contribution in [0.1, 0.15) is 31.9 Å². The first-order valence-electron chi connectivity index (χ1n) is 5.95. The van der Waals surface area contributed by atoms with Crippen LogP contribution in [-0.2, 0) is 0 Å². The largest absolute Gasteiger partial charge is 0.489 e. The molecule has 1 aliphatic rings. The van der Waals surface area contributed by atoms with Gasteiger partial charge in [-0.1, -0.05) is 11.6 Å². The highest BCUT2D eigenvalue weighted by atomic mass is 35.5. The van der Waals surface area contributed by atoms with E-state index in [1.54, 1.807) is 26.0 Å². The monoisotopic (exact) mass is 271 g/mol. The molecule has 1 unspecified atom stereocenters. The van der Waals surface area contributed by atoms with Gasteiger partial charge >= 0.3 is 0 Å². The van der Waals surface area contributed by atoms with Crippen LogP contribution in [0.2, 0.25) is 5.02 Å². The second-order valence-corrected chi connectivity index (χ2v) is 5.51. The molecule has 2 rings (SSSR count). The maximum Gasteiger partial charge on any atom is 0.179 e. The van der Waals surface area contributed by atoms with Crippen molar-refractivity contribution in [2.24, 2.45) is 5.73 Å². The molecule has 3 N–H and O–H groups in total. The highest BCUT2D eigenvalue weighted by molar-refractivity contribution is 6.32. The Kier molecular flexibility index (Phi) is 3.71. The van der Waals surface area contributed by atoms with Crippen molar-refractivity contribution in [1.29, 1.82) is 0 Å². The van der Waals surface area contributed by atoms with Gasteiger partial charge in [0.2, 0.25) is 0 Å². The van der Waals surface area contributed by atoms with E-state index >= 15 is 0 Å². The van der Waals surface area contributed by atoms with Crippen LogP contribution in [0.15, 0.2) is 12.1 Å². The van der Waals surface area contributed by atoms with E-state index in [0.717, 1.165) is 6.42 Å². The summed E-state index contributed by atoms with van der Waals surface area (Å²) in [6.07, 6.45) is -0.00203. The molecule has 0 radical (unpaired) electrons. The Balaban J connectivity index is 2.40. The van der Waals surface area contributed by atoms with E-state index in [2.05, 4.69) is 0 Å². The van der Waals surface area contributed by atoms with Crippen LogP contribution >= 0.6 is 11.6 Å². The highest BCUT2D eigenvalue weighted by Crippen LogP contribution is 2.40. The third-order valence-electron chi connectivity index (χ3n) is 2.84. The second-order valence-electron chi connectivity index (χ2n) is 5.10. The fourth-order valence-corrected chi connectivity index (χ4v) is 2.11. The number of aliphatic hydroxyl groups is 1. The normalized spacial score (nSPS) is 17.2. The van der Waals surface area contributed by atoms with Crippen molar-refractivity contribution in [1.82, 2.24) is 0 Å². The minimum absolute atomic E-state index is 0.438. The first-order valence-corrected chi connectivity index (χ1v) is 6.33. The van der Waals surface area contributed by atoms with Gasteiger partial charge in [-0.2, -0.15) is 0 Å². The summed E-state index contributed by atoms with van der Waals surface area (Å²) in [6, 6.07) is 3.42.